The van der Waals surface area contributed by atoms with E-state index in [1.165, 1.54) is 51.4 Å². The van der Waals surface area contributed by atoms with Gasteiger partial charge < -0.3 is 4.74 Å². The van der Waals surface area contributed by atoms with Crippen LogP contribution in [-0.2, 0) is 0 Å². The first kappa shape index (κ1) is 17.8. The molecule has 1 aromatic rings. The molecule has 21 heavy (non-hydrogen) atoms. The Hall–Kier alpha value is -1.24. The van der Waals surface area contributed by atoms with Crippen molar-refractivity contribution >= 4 is 6.08 Å². The van der Waals surface area contributed by atoms with Crippen LogP contribution in [-0.4, -0.2) is 6.10 Å². The molecule has 0 aliphatic carbocycles. The van der Waals surface area contributed by atoms with Crippen LogP contribution < -0.4 is 4.74 Å². The summed E-state index contributed by atoms with van der Waals surface area (Å²) >= 11 is 0. The van der Waals surface area contributed by atoms with Crippen LogP contribution in [0.2, 0.25) is 0 Å². The molecule has 1 atom stereocenters. The molecule has 1 aromatic carbocycles. The quantitative estimate of drug-likeness (QED) is 0.402. The fourth-order valence-electron chi connectivity index (χ4n) is 2.44. The Labute approximate surface area is 131 Å². The van der Waals surface area contributed by atoms with E-state index in [-0.39, 0.29) is 6.10 Å². The Kier molecular flexibility index (Phi) is 9.69. The van der Waals surface area contributed by atoms with Crippen molar-refractivity contribution in [1.82, 2.24) is 0 Å². The van der Waals surface area contributed by atoms with Crippen LogP contribution in [0.25, 0.3) is 6.08 Å². The zero-order chi connectivity index (χ0) is 15.3. The Morgan fingerprint density at radius 2 is 1.52 bits per heavy atom. The van der Waals surface area contributed by atoms with Crippen molar-refractivity contribution in [3.05, 3.63) is 43.3 Å². The summed E-state index contributed by atoms with van der Waals surface area (Å²) in [6.45, 7) is 10.1. The fraction of sp³-hybridized carbons (Fsp3) is 0.550. The van der Waals surface area contributed by atoms with Gasteiger partial charge in [-0.15, -0.1) is 0 Å². The third-order valence-electron chi connectivity index (χ3n) is 3.80. The molecule has 1 rings (SSSR count). The van der Waals surface area contributed by atoms with E-state index < -0.39 is 0 Å². The zero-order valence-electron chi connectivity index (χ0n) is 13.7. The summed E-state index contributed by atoms with van der Waals surface area (Å²) in [7, 11) is 0. The number of unbranched alkanes of at least 4 members (excludes halogenated alkanes) is 7. The second kappa shape index (κ2) is 11.4. The van der Waals surface area contributed by atoms with Gasteiger partial charge in [-0.05, 0) is 37.5 Å². The SMILES string of the molecule is [CH2]C(CCCCCCCCCC)Oc1ccc(C=C)cc1. The number of hydrogen-bond donors (Lipinski definition) is 0. The van der Waals surface area contributed by atoms with Gasteiger partial charge in [-0.1, -0.05) is 76.7 Å². The summed E-state index contributed by atoms with van der Waals surface area (Å²) in [6.07, 6.45) is 13.7. The molecule has 0 saturated carbocycles. The predicted octanol–water partition coefficient (Wildman–Crippen LogP) is 6.44. The second-order valence-electron chi connectivity index (χ2n) is 5.78. The number of benzene rings is 1. The minimum absolute atomic E-state index is 0.0553. The molecular weight excluding hydrogens is 256 g/mol. The Morgan fingerprint density at radius 3 is 2.10 bits per heavy atom. The van der Waals surface area contributed by atoms with Crippen LogP contribution in [0, 0.1) is 6.92 Å². The normalized spacial score (nSPS) is 12.1. The van der Waals surface area contributed by atoms with E-state index in [9.17, 15) is 0 Å². The van der Waals surface area contributed by atoms with Crippen LogP contribution in [0.3, 0.4) is 0 Å². The molecule has 0 saturated heterocycles. The van der Waals surface area contributed by atoms with E-state index in [2.05, 4.69) is 20.4 Å². The van der Waals surface area contributed by atoms with Crippen LogP contribution in [0.4, 0.5) is 0 Å². The lowest BCUT2D eigenvalue weighted by molar-refractivity contribution is 0.231. The first-order valence-electron chi connectivity index (χ1n) is 8.48. The van der Waals surface area contributed by atoms with Crippen molar-refractivity contribution in [3.63, 3.8) is 0 Å². The van der Waals surface area contributed by atoms with Gasteiger partial charge in [-0.3, -0.25) is 0 Å². The van der Waals surface area contributed by atoms with Gasteiger partial charge in [-0.2, -0.15) is 0 Å². The maximum Gasteiger partial charge on any atom is 0.119 e. The van der Waals surface area contributed by atoms with Crippen LogP contribution in [0.5, 0.6) is 5.75 Å². The summed E-state index contributed by atoms with van der Waals surface area (Å²) in [5, 5.41) is 0. The zero-order valence-corrected chi connectivity index (χ0v) is 13.7. The van der Waals surface area contributed by atoms with Crippen molar-refractivity contribution in [2.45, 2.75) is 70.8 Å². The third-order valence-corrected chi connectivity index (χ3v) is 3.80. The van der Waals surface area contributed by atoms with Gasteiger partial charge in [0.05, 0.1) is 6.10 Å². The van der Waals surface area contributed by atoms with Crippen molar-refractivity contribution in [2.24, 2.45) is 0 Å². The van der Waals surface area contributed by atoms with Gasteiger partial charge in [-0.25, -0.2) is 0 Å². The van der Waals surface area contributed by atoms with Gasteiger partial charge in [0.2, 0.25) is 0 Å². The van der Waals surface area contributed by atoms with E-state index in [1.54, 1.807) is 0 Å². The molecule has 0 aliphatic rings. The monoisotopic (exact) mass is 287 g/mol. The topological polar surface area (TPSA) is 9.23 Å². The van der Waals surface area contributed by atoms with Crippen LogP contribution in [0.1, 0.15) is 70.3 Å². The summed E-state index contributed by atoms with van der Waals surface area (Å²) in [4.78, 5) is 0. The summed E-state index contributed by atoms with van der Waals surface area (Å²) in [5.41, 5.74) is 1.12. The van der Waals surface area contributed by atoms with E-state index in [4.69, 9.17) is 4.74 Å². The number of hydrogen-bond acceptors (Lipinski definition) is 1. The van der Waals surface area contributed by atoms with Crippen molar-refractivity contribution in [2.75, 3.05) is 0 Å². The highest BCUT2D eigenvalue weighted by Crippen LogP contribution is 2.17. The molecule has 0 N–H and O–H groups in total. The lowest BCUT2D eigenvalue weighted by Crippen LogP contribution is -2.11. The number of rotatable bonds is 12. The minimum atomic E-state index is 0.0553. The molecule has 0 heterocycles. The average Bonchev–Trinajstić information content (AvgIpc) is 2.50. The molecule has 0 spiro atoms. The number of ether oxygens (including phenoxy) is 1. The van der Waals surface area contributed by atoms with E-state index in [0.29, 0.717) is 0 Å². The van der Waals surface area contributed by atoms with Gasteiger partial charge >= 0.3 is 0 Å². The lowest BCUT2D eigenvalue weighted by atomic mass is 10.1. The fourth-order valence-corrected chi connectivity index (χ4v) is 2.44. The molecule has 1 heteroatoms. The molecule has 117 valence electrons. The molecule has 0 fully saturated rings. The maximum absolute atomic E-state index is 5.83. The largest absolute Gasteiger partial charge is 0.490 e. The van der Waals surface area contributed by atoms with Crippen LogP contribution in [0.15, 0.2) is 30.8 Å². The van der Waals surface area contributed by atoms with Crippen LogP contribution >= 0.6 is 0 Å². The maximum atomic E-state index is 5.83. The predicted molar refractivity (Wildman–Crippen MR) is 93.5 cm³/mol. The third kappa shape index (κ3) is 8.60. The average molecular weight is 287 g/mol. The molecular formula is C20H31O. The summed E-state index contributed by atoms with van der Waals surface area (Å²) in [6, 6.07) is 8.02. The molecule has 0 aliphatic heterocycles. The Morgan fingerprint density at radius 1 is 0.952 bits per heavy atom. The van der Waals surface area contributed by atoms with E-state index in [0.717, 1.165) is 17.7 Å². The van der Waals surface area contributed by atoms with Crippen molar-refractivity contribution < 1.29 is 4.74 Å². The van der Waals surface area contributed by atoms with Gasteiger partial charge in [0.25, 0.3) is 0 Å². The lowest BCUT2D eigenvalue weighted by Gasteiger charge is -2.14. The van der Waals surface area contributed by atoms with E-state index in [1.807, 2.05) is 30.3 Å². The second-order valence-corrected chi connectivity index (χ2v) is 5.78. The summed E-state index contributed by atoms with van der Waals surface area (Å²) < 4.78 is 5.83. The first-order valence-corrected chi connectivity index (χ1v) is 8.48. The highest BCUT2D eigenvalue weighted by molar-refractivity contribution is 5.48. The van der Waals surface area contributed by atoms with Gasteiger partial charge in [0.15, 0.2) is 0 Å². The standard InChI is InChI=1S/C20H31O/c1-4-6-7-8-9-10-11-12-13-18(3)21-20-16-14-19(5-2)15-17-20/h5,14-18H,2-4,6-13H2,1H3. The van der Waals surface area contributed by atoms with Gasteiger partial charge in [0, 0.05) is 0 Å². The molecule has 0 bridgehead atoms. The summed E-state index contributed by atoms with van der Waals surface area (Å²) in [5.74, 6) is 0.903. The van der Waals surface area contributed by atoms with Gasteiger partial charge in [0.1, 0.15) is 5.75 Å². The molecule has 1 unspecified atom stereocenters. The molecule has 1 nitrogen and oxygen atoms in total. The molecule has 0 amide bonds. The first-order chi connectivity index (χ1) is 10.3. The Bertz CT molecular complexity index is 366. The highest BCUT2D eigenvalue weighted by atomic mass is 16.5. The van der Waals surface area contributed by atoms with E-state index >= 15 is 0 Å². The van der Waals surface area contributed by atoms with Crippen molar-refractivity contribution in [1.29, 1.82) is 0 Å². The smallest absolute Gasteiger partial charge is 0.119 e. The molecule has 0 aromatic heterocycles. The van der Waals surface area contributed by atoms with Crippen molar-refractivity contribution in [3.8, 4) is 5.75 Å². The highest BCUT2D eigenvalue weighted by Gasteiger charge is 2.04. The minimum Gasteiger partial charge on any atom is -0.490 e. The Balaban J connectivity index is 2.05. The molecule has 1 radical (unpaired) electrons.